The second-order valence-corrected chi connectivity index (χ2v) is 6.03. The van der Waals surface area contributed by atoms with Crippen LogP contribution < -0.4 is 0 Å². The van der Waals surface area contributed by atoms with E-state index in [-0.39, 0.29) is 10.8 Å². The van der Waals surface area contributed by atoms with E-state index in [4.69, 9.17) is 0 Å². The Hall–Kier alpha value is -0.790. The second-order valence-electron chi connectivity index (χ2n) is 6.03. The van der Waals surface area contributed by atoms with Crippen molar-refractivity contribution in [2.24, 2.45) is 7.05 Å². The zero-order chi connectivity index (χ0) is 11.1. The van der Waals surface area contributed by atoms with Crippen molar-refractivity contribution in [1.82, 2.24) is 9.55 Å². The summed E-state index contributed by atoms with van der Waals surface area (Å²) in [5.41, 5.74) is 1.59. The maximum atomic E-state index is 4.52. The summed E-state index contributed by atoms with van der Waals surface area (Å²) in [5.74, 6) is 1.16. The maximum Gasteiger partial charge on any atom is 0.114 e. The Morgan fingerprint density at radius 3 is 1.71 bits per heavy atom. The molecule has 2 nitrogen and oxygen atoms in total. The summed E-state index contributed by atoms with van der Waals surface area (Å²) >= 11 is 0. The summed E-state index contributed by atoms with van der Waals surface area (Å²) in [6, 6.07) is 0. The SMILES string of the molecule is Cn1c(C(C)(C)C)cnc1C(C)(C)C. The third-order valence-electron chi connectivity index (χ3n) is 2.43. The van der Waals surface area contributed by atoms with Gasteiger partial charge in [0.1, 0.15) is 5.82 Å². The Bertz CT molecular complexity index is 290. The third kappa shape index (κ3) is 1.99. The van der Waals surface area contributed by atoms with Gasteiger partial charge in [-0.2, -0.15) is 0 Å². The predicted octanol–water partition coefficient (Wildman–Crippen LogP) is 3.02. The monoisotopic (exact) mass is 194 g/mol. The fourth-order valence-corrected chi connectivity index (χ4v) is 1.80. The molecule has 0 radical (unpaired) electrons. The summed E-state index contributed by atoms with van der Waals surface area (Å²) in [4.78, 5) is 4.52. The fourth-order valence-electron chi connectivity index (χ4n) is 1.80. The van der Waals surface area contributed by atoms with E-state index in [0.29, 0.717) is 0 Å². The van der Waals surface area contributed by atoms with Crippen LogP contribution in [0.1, 0.15) is 53.1 Å². The van der Waals surface area contributed by atoms with Gasteiger partial charge in [-0.3, -0.25) is 0 Å². The van der Waals surface area contributed by atoms with E-state index in [9.17, 15) is 0 Å². The first-order valence-corrected chi connectivity index (χ1v) is 5.16. The molecule has 80 valence electrons. The van der Waals surface area contributed by atoms with Crippen molar-refractivity contribution in [2.45, 2.75) is 52.4 Å². The molecule has 0 aliphatic rings. The summed E-state index contributed by atoms with van der Waals surface area (Å²) in [7, 11) is 2.11. The first-order chi connectivity index (χ1) is 6.14. The van der Waals surface area contributed by atoms with Crippen molar-refractivity contribution >= 4 is 0 Å². The van der Waals surface area contributed by atoms with Gasteiger partial charge in [-0.25, -0.2) is 4.98 Å². The molecule has 2 heteroatoms. The average Bonchev–Trinajstić information content (AvgIpc) is 2.26. The van der Waals surface area contributed by atoms with Crippen molar-refractivity contribution in [3.63, 3.8) is 0 Å². The Labute approximate surface area is 87.4 Å². The van der Waals surface area contributed by atoms with E-state index in [1.165, 1.54) is 5.69 Å². The molecule has 1 aromatic heterocycles. The van der Waals surface area contributed by atoms with Gasteiger partial charge in [0.15, 0.2) is 0 Å². The van der Waals surface area contributed by atoms with Gasteiger partial charge in [0, 0.05) is 29.8 Å². The van der Waals surface area contributed by atoms with Crippen LogP contribution in [0.2, 0.25) is 0 Å². The largest absolute Gasteiger partial charge is 0.334 e. The Morgan fingerprint density at radius 2 is 1.50 bits per heavy atom. The van der Waals surface area contributed by atoms with Crippen molar-refractivity contribution < 1.29 is 0 Å². The standard InChI is InChI=1S/C12H22N2/c1-11(2,3)9-8-13-10(14(9)7)12(4,5)6/h8H,1-7H3. The highest BCUT2D eigenvalue weighted by atomic mass is 15.1. The second kappa shape index (κ2) is 3.11. The van der Waals surface area contributed by atoms with E-state index in [1.807, 2.05) is 6.20 Å². The number of hydrogen-bond acceptors (Lipinski definition) is 1. The molecule has 0 atom stereocenters. The fraction of sp³-hybridized carbons (Fsp3) is 0.750. The van der Waals surface area contributed by atoms with E-state index in [1.54, 1.807) is 0 Å². The van der Waals surface area contributed by atoms with Crippen LogP contribution in [0.25, 0.3) is 0 Å². The molecule has 0 N–H and O–H groups in total. The summed E-state index contributed by atoms with van der Waals surface area (Å²) < 4.78 is 2.22. The summed E-state index contributed by atoms with van der Waals surface area (Å²) in [5, 5.41) is 0. The molecule has 0 saturated carbocycles. The van der Waals surface area contributed by atoms with E-state index in [2.05, 4.69) is 58.1 Å². The van der Waals surface area contributed by atoms with Crippen molar-refractivity contribution in [1.29, 1.82) is 0 Å². The lowest BCUT2D eigenvalue weighted by Crippen LogP contribution is -2.22. The molecule has 0 aromatic carbocycles. The molecule has 1 rings (SSSR count). The minimum absolute atomic E-state index is 0.123. The van der Waals surface area contributed by atoms with Gasteiger partial charge in [-0.15, -0.1) is 0 Å². The predicted molar refractivity (Wildman–Crippen MR) is 60.6 cm³/mol. The first-order valence-electron chi connectivity index (χ1n) is 5.16. The van der Waals surface area contributed by atoms with Crippen LogP contribution in [0.5, 0.6) is 0 Å². The highest BCUT2D eigenvalue weighted by molar-refractivity contribution is 5.17. The topological polar surface area (TPSA) is 17.8 Å². The van der Waals surface area contributed by atoms with E-state index < -0.39 is 0 Å². The highest BCUT2D eigenvalue weighted by Crippen LogP contribution is 2.27. The Balaban J connectivity index is 3.23. The van der Waals surface area contributed by atoms with Gasteiger partial charge in [0.25, 0.3) is 0 Å². The highest BCUT2D eigenvalue weighted by Gasteiger charge is 2.25. The molecule has 14 heavy (non-hydrogen) atoms. The molecule has 0 aliphatic heterocycles. The van der Waals surface area contributed by atoms with E-state index in [0.717, 1.165) is 5.82 Å². The van der Waals surface area contributed by atoms with Gasteiger partial charge >= 0.3 is 0 Å². The van der Waals surface area contributed by atoms with Crippen LogP contribution in [0.4, 0.5) is 0 Å². The van der Waals surface area contributed by atoms with Gasteiger partial charge in [0.05, 0.1) is 0 Å². The molecule has 1 heterocycles. The zero-order valence-corrected chi connectivity index (χ0v) is 10.5. The molecule has 0 bridgehead atoms. The lowest BCUT2D eigenvalue weighted by atomic mass is 9.92. The van der Waals surface area contributed by atoms with Crippen molar-refractivity contribution in [2.75, 3.05) is 0 Å². The third-order valence-corrected chi connectivity index (χ3v) is 2.43. The molecule has 1 aromatic rings. The Kier molecular flexibility index (Phi) is 2.51. The number of aromatic nitrogens is 2. The molecule has 0 saturated heterocycles. The molecular formula is C12H22N2. The number of imidazole rings is 1. The van der Waals surface area contributed by atoms with Crippen LogP contribution >= 0.6 is 0 Å². The molecule has 0 spiro atoms. The van der Waals surface area contributed by atoms with Crippen LogP contribution in [0.15, 0.2) is 6.20 Å². The number of nitrogens with zero attached hydrogens (tertiary/aromatic N) is 2. The zero-order valence-electron chi connectivity index (χ0n) is 10.5. The average molecular weight is 194 g/mol. The molecule has 0 unspecified atom stereocenters. The summed E-state index contributed by atoms with van der Waals surface area (Å²) in [6.45, 7) is 13.2. The number of hydrogen-bond donors (Lipinski definition) is 0. The van der Waals surface area contributed by atoms with Gasteiger partial charge < -0.3 is 4.57 Å². The molecule has 0 fully saturated rings. The van der Waals surface area contributed by atoms with Crippen molar-refractivity contribution in [3.05, 3.63) is 17.7 Å². The summed E-state index contributed by atoms with van der Waals surface area (Å²) in [6.07, 6.45) is 2.00. The quantitative estimate of drug-likeness (QED) is 0.621. The van der Waals surface area contributed by atoms with Crippen LogP contribution in [-0.4, -0.2) is 9.55 Å². The van der Waals surface area contributed by atoms with Crippen LogP contribution in [0, 0.1) is 0 Å². The lowest BCUT2D eigenvalue weighted by molar-refractivity contribution is 0.489. The number of rotatable bonds is 0. The Morgan fingerprint density at radius 1 is 1.00 bits per heavy atom. The minimum atomic E-state index is 0.123. The smallest absolute Gasteiger partial charge is 0.114 e. The minimum Gasteiger partial charge on any atom is -0.334 e. The molecular weight excluding hydrogens is 172 g/mol. The van der Waals surface area contributed by atoms with Gasteiger partial charge in [-0.05, 0) is 0 Å². The molecule has 0 amide bonds. The van der Waals surface area contributed by atoms with Gasteiger partial charge in [-0.1, -0.05) is 41.5 Å². The molecule has 0 aliphatic carbocycles. The first kappa shape index (κ1) is 11.3. The normalized spacial score (nSPS) is 13.4. The van der Waals surface area contributed by atoms with Crippen LogP contribution in [-0.2, 0) is 17.9 Å². The van der Waals surface area contributed by atoms with Crippen LogP contribution in [0.3, 0.4) is 0 Å². The lowest BCUT2D eigenvalue weighted by Gasteiger charge is -2.23. The van der Waals surface area contributed by atoms with Gasteiger partial charge in [0.2, 0.25) is 0 Å². The maximum absolute atomic E-state index is 4.52. The van der Waals surface area contributed by atoms with E-state index >= 15 is 0 Å². The van der Waals surface area contributed by atoms with Crippen molar-refractivity contribution in [3.8, 4) is 0 Å².